The summed E-state index contributed by atoms with van der Waals surface area (Å²) in [4.78, 5) is 14.2. The van der Waals surface area contributed by atoms with Gasteiger partial charge in [-0.2, -0.15) is 0 Å². The van der Waals surface area contributed by atoms with Gasteiger partial charge in [-0.25, -0.2) is 9.97 Å². The van der Waals surface area contributed by atoms with Crippen molar-refractivity contribution in [3.8, 4) is 0 Å². The minimum Gasteiger partial charge on any atom is -0.356 e. The average molecular weight is 294 g/mol. The minimum absolute atomic E-state index is 0.413. The van der Waals surface area contributed by atoms with Gasteiger partial charge in [-0.1, -0.05) is 36.8 Å². The second-order valence-electron chi connectivity index (χ2n) is 5.80. The van der Waals surface area contributed by atoms with Crippen molar-refractivity contribution < 1.29 is 0 Å². The standard InChI is InChI=1S/C18H22N4/c1-4-15(11-14-7-5-13(2)6-8-14)22(3)18-16-9-10-19-17(16)20-12-21-18/h5-10,12,15H,4,11H2,1-3H3,(H,19,20,21)/t15-/m1/s1. The van der Waals surface area contributed by atoms with Crippen LogP contribution in [0.3, 0.4) is 0 Å². The molecule has 0 aliphatic heterocycles. The monoisotopic (exact) mass is 294 g/mol. The Labute approximate surface area is 131 Å². The Morgan fingerprint density at radius 2 is 1.91 bits per heavy atom. The van der Waals surface area contributed by atoms with E-state index in [4.69, 9.17) is 0 Å². The van der Waals surface area contributed by atoms with Crippen LogP contribution in [0.15, 0.2) is 42.9 Å². The maximum absolute atomic E-state index is 4.50. The lowest BCUT2D eigenvalue weighted by molar-refractivity contribution is 0.602. The fraction of sp³-hybridized carbons (Fsp3) is 0.333. The van der Waals surface area contributed by atoms with Crippen LogP contribution in [-0.4, -0.2) is 28.0 Å². The van der Waals surface area contributed by atoms with Crippen LogP contribution in [0, 0.1) is 6.92 Å². The molecule has 2 heterocycles. The van der Waals surface area contributed by atoms with Crippen molar-refractivity contribution in [3.05, 3.63) is 54.0 Å². The van der Waals surface area contributed by atoms with E-state index >= 15 is 0 Å². The highest BCUT2D eigenvalue weighted by molar-refractivity contribution is 5.87. The number of benzene rings is 1. The summed E-state index contributed by atoms with van der Waals surface area (Å²) in [6.07, 6.45) is 5.63. The molecule has 0 spiro atoms. The summed E-state index contributed by atoms with van der Waals surface area (Å²) < 4.78 is 0. The third-order valence-corrected chi connectivity index (χ3v) is 4.28. The molecule has 0 unspecified atom stereocenters. The Hall–Kier alpha value is -2.36. The second-order valence-corrected chi connectivity index (χ2v) is 5.80. The van der Waals surface area contributed by atoms with Gasteiger partial charge in [0.25, 0.3) is 0 Å². The van der Waals surface area contributed by atoms with Crippen molar-refractivity contribution in [3.63, 3.8) is 0 Å². The van der Waals surface area contributed by atoms with E-state index in [1.54, 1.807) is 6.33 Å². The number of fused-ring (bicyclic) bond motifs is 1. The molecule has 0 aliphatic rings. The maximum atomic E-state index is 4.50. The number of hydrogen-bond donors (Lipinski definition) is 1. The van der Waals surface area contributed by atoms with Crippen LogP contribution in [0.5, 0.6) is 0 Å². The maximum Gasteiger partial charge on any atom is 0.142 e. The van der Waals surface area contributed by atoms with E-state index in [9.17, 15) is 0 Å². The number of H-pyrrole nitrogens is 1. The molecule has 1 atom stereocenters. The number of anilines is 1. The van der Waals surface area contributed by atoms with Gasteiger partial charge in [0.2, 0.25) is 0 Å². The van der Waals surface area contributed by atoms with E-state index in [1.165, 1.54) is 11.1 Å². The van der Waals surface area contributed by atoms with Crippen LogP contribution in [0.25, 0.3) is 11.0 Å². The van der Waals surface area contributed by atoms with Gasteiger partial charge in [-0.3, -0.25) is 0 Å². The van der Waals surface area contributed by atoms with E-state index in [1.807, 2.05) is 12.3 Å². The average Bonchev–Trinajstić information content (AvgIpc) is 3.02. The zero-order valence-corrected chi connectivity index (χ0v) is 13.4. The number of nitrogens with one attached hydrogen (secondary N) is 1. The first-order chi connectivity index (χ1) is 10.7. The molecule has 0 fully saturated rings. The van der Waals surface area contributed by atoms with Gasteiger partial charge in [0.1, 0.15) is 17.8 Å². The number of nitrogens with zero attached hydrogens (tertiary/aromatic N) is 3. The predicted octanol–water partition coefficient (Wildman–Crippen LogP) is 3.72. The number of hydrogen-bond acceptors (Lipinski definition) is 3. The summed E-state index contributed by atoms with van der Waals surface area (Å²) in [5.41, 5.74) is 3.56. The van der Waals surface area contributed by atoms with Crippen LogP contribution in [-0.2, 0) is 6.42 Å². The van der Waals surface area contributed by atoms with Crippen molar-refractivity contribution in [1.29, 1.82) is 0 Å². The van der Waals surface area contributed by atoms with E-state index < -0.39 is 0 Å². The summed E-state index contributed by atoms with van der Waals surface area (Å²) in [5.74, 6) is 0.991. The van der Waals surface area contributed by atoms with Gasteiger partial charge in [-0.05, 0) is 31.4 Å². The summed E-state index contributed by atoms with van der Waals surface area (Å²) in [7, 11) is 2.12. The largest absolute Gasteiger partial charge is 0.356 e. The minimum atomic E-state index is 0.413. The van der Waals surface area contributed by atoms with E-state index in [0.717, 1.165) is 29.7 Å². The molecule has 0 amide bonds. The quantitative estimate of drug-likeness (QED) is 0.780. The smallest absolute Gasteiger partial charge is 0.142 e. The van der Waals surface area contributed by atoms with Gasteiger partial charge in [-0.15, -0.1) is 0 Å². The molecule has 2 aromatic heterocycles. The van der Waals surface area contributed by atoms with Gasteiger partial charge in [0, 0.05) is 19.3 Å². The fourth-order valence-electron chi connectivity index (χ4n) is 2.86. The number of aromatic nitrogens is 3. The molecule has 1 aromatic carbocycles. The fourth-order valence-corrected chi connectivity index (χ4v) is 2.86. The molecule has 0 bridgehead atoms. The van der Waals surface area contributed by atoms with Crippen LogP contribution in [0.4, 0.5) is 5.82 Å². The molecule has 1 N–H and O–H groups in total. The Morgan fingerprint density at radius 3 is 2.64 bits per heavy atom. The molecular weight excluding hydrogens is 272 g/mol. The van der Waals surface area contributed by atoms with Crippen molar-refractivity contribution in [2.75, 3.05) is 11.9 Å². The first-order valence-corrected chi connectivity index (χ1v) is 7.75. The molecule has 0 radical (unpaired) electrons. The van der Waals surface area contributed by atoms with Crippen molar-refractivity contribution in [2.24, 2.45) is 0 Å². The lowest BCUT2D eigenvalue weighted by atomic mass is 10.0. The first-order valence-electron chi connectivity index (χ1n) is 7.75. The van der Waals surface area contributed by atoms with Gasteiger partial charge < -0.3 is 9.88 Å². The lowest BCUT2D eigenvalue weighted by Gasteiger charge is -2.29. The normalized spacial score (nSPS) is 12.5. The topological polar surface area (TPSA) is 44.8 Å². The summed E-state index contributed by atoms with van der Waals surface area (Å²) in [5, 5.41) is 1.08. The molecular formula is C18H22N4. The predicted molar refractivity (Wildman–Crippen MR) is 91.3 cm³/mol. The Morgan fingerprint density at radius 1 is 1.14 bits per heavy atom. The molecule has 114 valence electrons. The summed E-state index contributed by atoms with van der Waals surface area (Å²) in [6, 6.07) is 11.2. The van der Waals surface area contributed by atoms with E-state index in [-0.39, 0.29) is 0 Å². The van der Waals surface area contributed by atoms with E-state index in [2.05, 4.69) is 65.0 Å². The highest BCUT2D eigenvalue weighted by Gasteiger charge is 2.17. The Bertz CT molecular complexity index is 745. The molecule has 3 aromatic rings. The number of rotatable bonds is 5. The van der Waals surface area contributed by atoms with Gasteiger partial charge >= 0.3 is 0 Å². The summed E-state index contributed by atoms with van der Waals surface area (Å²) >= 11 is 0. The molecule has 0 saturated carbocycles. The van der Waals surface area contributed by atoms with Crippen molar-refractivity contribution in [2.45, 2.75) is 32.7 Å². The van der Waals surface area contributed by atoms with Gasteiger partial charge in [0.15, 0.2) is 0 Å². The lowest BCUT2D eigenvalue weighted by Crippen LogP contribution is -2.33. The van der Waals surface area contributed by atoms with Crippen molar-refractivity contribution in [1.82, 2.24) is 15.0 Å². The molecule has 0 saturated heterocycles. The van der Waals surface area contributed by atoms with E-state index in [0.29, 0.717) is 6.04 Å². The van der Waals surface area contributed by atoms with Crippen LogP contribution >= 0.6 is 0 Å². The number of likely N-dealkylation sites (N-methyl/N-ethyl adjacent to an activating group) is 1. The van der Waals surface area contributed by atoms with Gasteiger partial charge in [0.05, 0.1) is 5.39 Å². The van der Waals surface area contributed by atoms with Crippen molar-refractivity contribution >= 4 is 16.9 Å². The molecule has 3 rings (SSSR count). The molecule has 4 nitrogen and oxygen atoms in total. The number of aryl methyl sites for hydroxylation is 1. The summed E-state index contributed by atoms with van der Waals surface area (Å²) in [6.45, 7) is 4.35. The SMILES string of the molecule is CC[C@H](Cc1ccc(C)cc1)N(C)c1ncnc2[nH]ccc12. The molecule has 22 heavy (non-hydrogen) atoms. The zero-order chi connectivity index (χ0) is 15.5. The van der Waals surface area contributed by atoms with Crippen LogP contribution in [0.1, 0.15) is 24.5 Å². The third kappa shape index (κ3) is 2.82. The second kappa shape index (κ2) is 6.18. The third-order valence-electron chi connectivity index (χ3n) is 4.28. The molecule has 4 heteroatoms. The highest BCUT2D eigenvalue weighted by Crippen LogP contribution is 2.24. The van der Waals surface area contributed by atoms with Crippen LogP contribution < -0.4 is 4.90 Å². The Kier molecular flexibility index (Phi) is 4.09. The zero-order valence-electron chi connectivity index (χ0n) is 13.4. The van der Waals surface area contributed by atoms with Crippen LogP contribution in [0.2, 0.25) is 0 Å². The Balaban J connectivity index is 1.86. The highest BCUT2D eigenvalue weighted by atomic mass is 15.2. The number of aromatic amines is 1. The molecule has 0 aliphatic carbocycles. The first kappa shape index (κ1) is 14.6.